The van der Waals surface area contributed by atoms with Gasteiger partial charge in [0, 0.05) is 17.7 Å². The summed E-state index contributed by atoms with van der Waals surface area (Å²) in [7, 11) is 1.73. The number of hydrogen-bond acceptors (Lipinski definition) is 4. The van der Waals surface area contributed by atoms with Gasteiger partial charge in [-0.3, -0.25) is 14.5 Å². The second kappa shape index (κ2) is 8.64. The van der Waals surface area contributed by atoms with E-state index < -0.39 is 12.0 Å². The molecule has 0 aliphatic rings. The molecule has 118 valence electrons. The van der Waals surface area contributed by atoms with Gasteiger partial charge in [0.15, 0.2) is 5.78 Å². The molecule has 0 saturated carbocycles. The second-order valence-corrected chi connectivity index (χ2v) is 4.74. The summed E-state index contributed by atoms with van der Waals surface area (Å²) in [6.07, 6.45) is 0. The van der Waals surface area contributed by atoms with Gasteiger partial charge in [-0.1, -0.05) is 0 Å². The molecule has 5 nitrogen and oxygen atoms in total. The number of carboxylic acid groups (broad SMARTS) is 1. The molecule has 0 fully saturated rings. The van der Waals surface area contributed by atoms with Gasteiger partial charge < -0.3 is 9.84 Å². The normalized spacial score (nSPS) is 11.7. The number of carbonyl (C=O) groups excluding carboxylic acids is 1. The Morgan fingerprint density at radius 3 is 2.48 bits per heavy atom. The van der Waals surface area contributed by atoms with Gasteiger partial charge >= 0.3 is 5.97 Å². The van der Waals surface area contributed by atoms with E-state index in [4.69, 9.17) is 9.84 Å². The van der Waals surface area contributed by atoms with Crippen LogP contribution in [0.1, 0.15) is 36.7 Å². The minimum absolute atomic E-state index is 0. The molecular formula is C15H22ClNO4. The largest absolute Gasteiger partial charge is 0.494 e. The number of Topliss-reactive ketones (excluding diaryl/α,β-unsaturated/α-hetero) is 1. The maximum Gasteiger partial charge on any atom is 0.320 e. The van der Waals surface area contributed by atoms with Crippen LogP contribution in [0.5, 0.6) is 5.75 Å². The van der Waals surface area contributed by atoms with Gasteiger partial charge in [-0.25, -0.2) is 0 Å². The number of rotatable bonds is 7. The number of carboxylic acids is 1. The third kappa shape index (κ3) is 5.36. The molecule has 0 spiro atoms. The number of benzene rings is 1. The van der Waals surface area contributed by atoms with E-state index in [1.807, 2.05) is 6.92 Å². The number of hydrogen-bond donors (Lipinski definition) is 1. The molecule has 0 aliphatic carbocycles. The third-order valence-corrected chi connectivity index (χ3v) is 3.21. The number of likely N-dealkylation sites (N-methyl/N-ethyl adjacent to an activating group) is 1. The van der Waals surface area contributed by atoms with Crippen LogP contribution in [0, 0.1) is 0 Å². The van der Waals surface area contributed by atoms with Gasteiger partial charge in [0.1, 0.15) is 11.8 Å². The quantitative estimate of drug-likeness (QED) is 0.783. The van der Waals surface area contributed by atoms with Crippen molar-refractivity contribution in [2.24, 2.45) is 0 Å². The molecule has 0 amide bonds. The van der Waals surface area contributed by atoms with E-state index in [0.717, 1.165) is 5.56 Å². The Labute approximate surface area is 131 Å². The van der Waals surface area contributed by atoms with E-state index in [0.29, 0.717) is 24.5 Å². The lowest BCUT2D eigenvalue weighted by Crippen LogP contribution is -2.35. The summed E-state index contributed by atoms with van der Waals surface area (Å²) in [5, 5.41) is 9.02. The van der Waals surface area contributed by atoms with Crippen LogP contribution < -0.4 is 4.74 Å². The van der Waals surface area contributed by atoms with E-state index in [2.05, 4.69) is 0 Å². The summed E-state index contributed by atoms with van der Waals surface area (Å²) in [6, 6.07) is 4.63. The van der Waals surface area contributed by atoms with Crippen LogP contribution >= 0.6 is 12.4 Å². The predicted molar refractivity (Wildman–Crippen MR) is 83.4 cm³/mol. The average Bonchev–Trinajstić information content (AvgIpc) is 2.39. The van der Waals surface area contributed by atoms with Gasteiger partial charge in [0.2, 0.25) is 0 Å². The van der Waals surface area contributed by atoms with E-state index >= 15 is 0 Å². The molecule has 1 rings (SSSR count). The lowest BCUT2D eigenvalue weighted by atomic mass is 10.1. The van der Waals surface area contributed by atoms with Crippen LogP contribution in [0.25, 0.3) is 0 Å². The monoisotopic (exact) mass is 315 g/mol. The Morgan fingerprint density at radius 2 is 2.00 bits per heavy atom. The highest BCUT2D eigenvalue weighted by molar-refractivity contribution is 5.94. The van der Waals surface area contributed by atoms with Crippen molar-refractivity contribution in [1.82, 2.24) is 4.90 Å². The zero-order valence-corrected chi connectivity index (χ0v) is 13.6. The number of aliphatic carboxylic acids is 1. The summed E-state index contributed by atoms with van der Waals surface area (Å²) in [4.78, 5) is 24.1. The maximum atomic E-state index is 11.4. The first-order chi connectivity index (χ1) is 9.36. The van der Waals surface area contributed by atoms with Crippen molar-refractivity contribution in [3.8, 4) is 5.75 Å². The van der Waals surface area contributed by atoms with Gasteiger partial charge in [0.25, 0.3) is 0 Å². The van der Waals surface area contributed by atoms with Gasteiger partial charge in [-0.05, 0) is 46.0 Å². The highest BCUT2D eigenvalue weighted by Gasteiger charge is 2.18. The fourth-order valence-electron chi connectivity index (χ4n) is 1.81. The Hall–Kier alpha value is -1.59. The van der Waals surface area contributed by atoms with Gasteiger partial charge in [0.05, 0.1) is 6.61 Å². The van der Waals surface area contributed by atoms with Gasteiger partial charge in [-0.15, -0.1) is 12.4 Å². The van der Waals surface area contributed by atoms with E-state index in [9.17, 15) is 9.59 Å². The lowest BCUT2D eigenvalue weighted by Gasteiger charge is -2.22. The van der Waals surface area contributed by atoms with Crippen molar-refractivity contribution in [1.29, 1.82) is 0 Å². The fraction of sp³-hybridized carbons (Fsp3) is 0.467. The minimum atomic E-state index is -0.881. The Bertz CT molecular complexity index is 504. The van der Waals surface area contributed by atoms with Crippen LogP contribution in [-0.4, -0.2) is 41.5 Å². The molecule has 0 radical (unpaired) electrons. The van der Waals surface area contributed by atoms with Crippen molar-refractivity contribution in [2.75, 3.05) is 13.7 Å². The molecular weight excluding hydrogens is 294 g/mol. The highest BCUT2D eigenvalue weighted by Crippen LogP contribution is 2.22. The van der Waals surface area contributed by atoms with Crippen LogP contribution in [0.15, 0.2) is 18.2 Å². The average molecular weight is 316 g/mol. The van der Waals surface area contributed by atoms with Crippen molar-refractivity contribution < 1.29 is 19.4 Å². The van der Waals surface area contributed by atoms with Crippen molar-refractivity contribution >= 4 is 24.2 Å². The second-order valence-electron chi connectivity index (χ2n) is 4.74. The number of ether oxygens (including phenoxy) is 1. The molecule has 0 aliphatic heterocycles. The van der Waals surface area contributed by atoms with Crippen molar-refractivity contribution in [2.45, 2.75) is 33.4 Å². The molecule has 6 heteroatoms. The summed E-state index contributed by atoms with van der Waals surface area (Å²) in [6.45, 7) is 5.93. The third-order valence-electron chi connectivity index (χ3n) is 3.21. The number of carbonyl (C=O) groups is 2. The van der Waals surface area contributed by atoms with Crippen LogP contribution in [0.3, 0.4) is 0 Å². The van der Waals surface area contributed by atoms with Crippen LogP contribution in [-0.2, 0) is 11.3 Å². The van der Waals surface area contributed by atoms with Crippen molar-refractivity contribution in [3.05, 3.63) is 29.3 Å². The molecule has 21 heavy (non-hydrogen) atoms. The van der Waals surface area contributed by atoms with Crippen LogP contribution in [0.4, 0.5) is 0 Å². The smallest absolute Gasteiger partial charge is 0.320 e. The minimum Gasteiger partial charge on any atom is -0.494 e. The van der Waals surface area contributed by atoms with Gasteiger partial charge in [-0.2, -0.15) is 0 Å². The first kappa shape index (κ1) is 19.4. The number of halogens is 1. The van der Waals surface area contributed by atoms with E-state index in [-0.39, 0.29) is 18.2 Å². The lowest BCUT2D eigenvalue weighted by molar-refractivity contribution is -0.142. The summed E-state index contributed by atoms with van der Waals surface area (Å²) >= 11 is 0. The molecule has 0 saturated heterocycles. The summed E-state index contributed by atoms with van der Waals surface area (Å²) in [5.41, 5.74) is 1.41. The first-order valence-corrected chi connectivity index (χ1v) is 6.56. The SMILES string of the molecule is CCOc1ccc(C(C)=O)cc1CN(C)C(C)C(=O)O.Cl. The molecule has 0 heterocycles. The number of ketones is 1. The molecule has 0 bridgehead atoms. The standard InChI is InChI=1S/C15H21NO4.ClH/c1-5-20-14-7-6-12(11(3)17)8-13(14)9-16(4)10(2)15(18)19;/h6-8,10H,5,9H2,1-4H3,(H,18,19);1H. The Morgan fingerprint density at radius 1 is 1.38 bits per heavy atom. The maximum absolute atomic E-state index is 11.4. The molecule has 0 aromatic heterocycles. The molecule has 1 aromatic carbocycles. The molecule has 1 N–H and O–H groups in total. The van der Waals surface area contributed by atoms with E-state index in [1.165, 1.54) is 6.92 Å². The topological polar surface area (TPSA) is 66.8 Å². The Balaban J connectivity index is 0.00000400. The first-order valence-electron chi connectivity index (χ1n) is 6.56. The van der Waals surface area contributed by atoms with Crippen molar-refractivity contribution in [3.63, 3.8) is 0 Å². The van der Waals surface area contributed by atoms with E-state index in [1.54, 1.807) is 37.1 Å². The zero-order valence-electron chi connectivity index (χ0n) is 12.8. The Kier molecular flexibility index (Phi) is 7.99. The zero-order chi connectivity index (χ0) is 15.3. The van der Waals surface area contributed by atoms with Crippen LogP contribution in [0.2, 0.25) is 0 Å². The molecule has 1 atom stereocenters. The highest BCUT2D eigenvalue weighted by atomic mass is 35.5. The summed E-state index contributed by atoms with van der Waals surface area (Å²) in [5.74, 6) is -0.224. The summed E-state index contributed by atoms with van der Waals surface area (Å²) < 4.78 is 5.53. The number of nitrogens with zero attached hydrogens (tertiary/aromatic N) is 1. The molecule has 1 aromatic rings. The fourth-order valence-corrected chi connectivity index (χ4v) is 1.81. The molecule has 1 unspecified atom stereocenters. The predicted octanol–water partition coefficient (Wildman–Crippen LogP) is 2.61.